The van der Waals surface area contributed by atoms with Gasteiger partial charge in [0.25, 0.3) is 0 Å². The van der Waals surface area contributed by atoms with E-state index in [0.29, 0.717) is 33.0 Å². The number of allylic oxidation sites excluding steroid dienone is 1. The quantitative estimate of drug-likeness (QED) is 0.00695. The number of ether oxygens (including phenoxy) is 9. The van der Waals surface area contributed by atoms with Crippen molar-refractivity contribution in [2.24, 2.45) is 0 Å². The maximum atomic E-state index is 11.5. The summed E-state index contributed by atoms with van der Waals surface area (Å²) in [4.78, 5) is 55.1. The summed E-state index contributed by atoms with van der Waals surface area (Å²) in [5.74, 6) is -2.48. The number of rotatable bonds is 48. The van der Waals surface area contributed by atoms with E-state index in [1.165, 1.54) is 0 Å². The third-order valence-corrected chi connectivity index (χ3v) is 30.1. The predicted molar refractivity (Wildman–Crippen MR) is 363 cm³/mol. The molecule has 0 aliphatic rings. The average Bonchev–Trinajstić information content (AvgIpc) is 2.06. The minimum atomic E-state index is -1.98. The number of hydrogen-bond acceptors (Lipinski definition) is 24. The van der Waals surface area contributed by atoms with Crippen LogP contribution in [0.25, 0.3) is 0 Å². The molecule has 0 heterocycles. The summed E-state index contributed by atoms with van der Waals surface area (Å²) in [7, 11) is -8.81. The molecule has 0 aromatic heterocycles. The Bertz CT molecular complexity index is 1770. The van der Waals surface area contributed by atoms with Crippen molar-refractivity contribution in [1.29, 1.82) is 0 Å². The Hall–Kier alpha value is -2.49. The second-order valence-electron chi connectivity index (χ2n) is 22.2. The standard InChI is InChI=1S/C28H46O11Si2.C16H38O7Si2.C6H12O3.C4H14OSi2.C3H3ClO.CH4.O.Pt/c1-9-25(29)35-21-23(37-27(31)11-3)19-33-15-13-17-40(5,6)39-41(7,8)18-14-16-34-20-24(38-28(32)12-4)22-36-26(30)10-2;1-24(2,9-5-7-21-13-15(19)11-17)23-25(3,4)10-6-8-22-14-16(20)12-18;1-2-3-9-5-6(8)4-7;1-6(2)5-7(3)4;1-2-3(4)5;;;/h9-12,23-24H,1-4,13-22H2,5-8H3;15-20H,5-14H2,1-4H3;2,6-8H,1,3-5H2;6-7H,1-4H3;2H,1H2;1H4;;. The molecular weight excluding hydrogens is 1480 g/mol. The molecule has 0 fully saturated rings. The van der Waals surface area contributed by atoms with Gasteiger partial charge in [0.2, 0.25) is 5.24 Å². The van der Waals surface area contributed by atoms with Crippen molar-refractivity contribution in [2.45, 2.75) is 166 Å². The fourth-order valence-electron chi connectivity index (χ4n) is 7.08. The number of carbonyl (C=O) groups is 5. The Balaban J connectivity index is -0.000000235. The van der Waals surface area contributed by atoms with E-state index in [1.807, 2.05) is 0 Å². The summed E-state index contributed by atoms with van der Waals surface area (Å²) < 4.78 is 74.0. The number of aliphatic hydroxyl groups excluding tert-OH is 6. The van der Waals surface area contributed by atoms with Crippen LogP contribution < -0.4 is 0 Å². The Labute approximate surface area is 562 Å². The third-order valence-electron chi connectivity index (χ3n) is 10.5. The zero-order valence-electron chi connectivity index (χ0n) is 55.2. The molecule has 0 saturated carbocycles. The Morgan fingerprint density at radius 2 is 0.711 bits per heavy atom. The van der Waals surface area contributed by atoms with Gasteiger partial charge in [0.1, 0.15) is 31.5 Å². The van der Waals surface area contributed by atoms with Crippen LogP contribution in [0.5, 0.6) is 0 Å². The third kappa shape index (κ3) is 78.0. The van der Waals surface area contributed by atoms with Crippen molar-refractivity contribution in [3.63, 3.8) is 0 Å². The van der Waals surface area contributed by atoms with Gasteiger partial charge in [0.15, 0.2) is 63.6 Å². The van der Waals surface area contributed by atoms with Gasteiger partial charge in [-0.2, -0.15) is 0 Å². The van der Waals surface area contributed by atoms with E-state index in [0.717, 1.165) is 100 Å². The summed E-state index contributed by atoms with van der Waals surface area (Å²) >= 11 is 5.59. The number of aliphatic hydroxyl groups is 6. The molecule has 32 heteroatoms. The molecule has 0 rings (SSSR count). The molecule has 0 amide bonds. The minimum absolute atomic E-state index is 0. The van der Waals surface area contributed by atoms with Gasteiger partial charge in [-0.05, 0) is 146 Å². The molecule has 24 nitrogen and oxygen atoms in total. The summed E-state index contributed by atoms with van der Waals surface area (Å²) in [5, 5.41) is 52.3. The molecule has 5 atom stereocenters. The zero-order valence-corrected chi connectivity index (χ0v) is 64.6. The summed E-state index contributed by atoms with van der Waals surface area (Å²) in [6, 6.07) is 3.75. The molecular formula is C58H117ClO24PtSi6. The summed E-state index contributed by atoms with van der Waals surface area (Å²) in [6.45, 7) is 48.3. The SMILES string of the molecule is C.C=CC(=O)Cl.C=CC(=O)OCC(COCCC[Si](C)(C)O[Si](C)(C)CCCOCC(COC(=O)C=C)OC(=O)C=C)OC(=O)C=C.C=CCOCC(O)CO.C[SiH](C)O[SiH](C)C.C[Si](C)(CCCOCC(O)CO)O[Si](C)(C)CCCOCC(O)CO.[O]=[Pt]. The van der Waals surface area contributed by atoms with Gasteiger partial charge in [0.05, 0.1) is 59.5 Å². The Kier molecular flexibility index (Phi) is 73.2. The average molecular weight is 1600 g/mol. The summed E-state index contributed by atoms with van der Waals surface area (Å²) in [5.41, 5.74) is 0. The Morgan fingerprint density at radius 1 is 0.456 bits per heavy atom. The second kappa shape index (κ2) is 65.2. The van der Waals surface area contributed by atoms with Crippen LogP contribution in [-0.4, -0.2) is 241 Å². The van der Waals surface area contributed by atoms with Crippen LogP contribution in [0.3, 0.4) is 0 Å². The predicted octanol–water partition coefficient (Wildman–Crippen LogP) is 6.78. The number of hydrogen-bond donors (Lipinski definition) is 6. The van der Waals surface area contributed by atoms with Crippen LogP contribution in [0, 0.1) is 0 Å². The fourth-order valence-corrected chi connectivity index (χ4v) is 29.0. The first-order chi connectivity index (χ1) is 41.6. The molecule has 0 bridgehead atoms. The first-order valence-corrected chi connectivity index (χ1v) is 48.5. The molecule has 0 spiro atoms. The zero-order chi connectivity index (χ0) is 69.9. The van der Waals surface area contributed by atoms with Crippen LogP contribution >= 0.6 is 11.6 Å². The number of halogens is 1. The summed E-state index contributed by atoms with van der Waals surface area (Å²) in [6.07, 6.45) is 6.24. The fraction of sp³-hybridized carbons (Fsp3) is 0.707. The first-order valence-electron chi connectivity index (χ1n) is 29.2. The van der Waals surface area contributed by atoms with Gasteiger partial charge in [-0.1, -0.05) is 46.4 Å². The van der Waals surface area contributed by atoms with Crippen LogP contribution in [-0.2, 0) is 102 Å². The van der Waals surface area contributed by atoms with Crippen molar-refractivity contribution in [3.05, 3.63) is 75.9 Å². The van der Waals surface area contributed by atoms with Gasteiger partial charge in [-0.25, -0.2) is 19.2 Å². The Morgan fingerprint density at radius 3 is 0.922 bits per heavy atom. The van der Waals surface area contributed by atoms with E-state index in [4.69, 9.17) is 90.4 Å². The van der Waals surface area contributed by atoms with Gasteiger partial charge in [-0.15, -0.1) is 6.58 Å². The molecule has 6 N–H and O–H groups in total. The molecule has 0 saturated heterocycles. The van der Waals surface area contributed by atoms with E-state index < -0.39 is 111 Å². The molecule has 90 heavy (non-hydrogen) atoms. The normalized spacial score (nSPS) is 12.7. The van der Waals surface area contributed by atoms with Crippen LogP contribution in [0.15, 0.2) is 75.9 Å². The first kappa shape index (κ1) is 101. The number of carbonyl (C=O) groups excluding carboxylic acids is 5. The van der Waals surface area contributed by atoms with Crippen LogP contribution in [0.1, 0.15) is 33.1 Å². The molecule has 0 aromatic rings. The van der Waals surface area contributed by atoms with E-state index in [-0.39, 0.29) is 73.5 Å². The molecule has 0 aliphatic heterocycles. The monoisotopic (exact) mass is 1600 g/mol. The topological polar surface area (TPSA) is 335 Å². The number of esters is 4. The van der Waals surface area contributed by atoms with Crippen LogP contribution in [0.2, 0.25) is 103 Å². The molecule has 0 aliphatic carbocycles. The van der Waals surface area contributed by atoms with Gasteiger partial charge in [-0.3, -0.25) is 4.79 Å². The van der Waals surface area contributed by atoms with Gasteiger partial charge < -0.3 is 85.6 Å². The molecule has 534 valence electrons. The van der Waals surface area contributed by atoms with E-state index >= 15 is 0 Å². The van der Waals surface area contributed by atoms with E-state index in [9.17, 15) is 34.2 Å². The van der Waals surface area contributed by atoms with Crippen molar-refractivity contribution >= 4 is 92.1 Å². The van der Waals surface area contributed by atoms with Crippen molar-refractivity contribution in [2.75, 3.05) is 99.1 Å². The molecule has 0 radical (unpaired) electrons. The second-order valence-corrected chi connectivity index (χ2v) is 45.6. The maximum absolute atomic E-state index is 11.5. The van der Waals surface area contributed by atoms with Gasteiger partial charge in [0, 0.05) is 50.7 Å². The van der Waals surface area contributed by atoms with Crippen molar-refractivity contribution < 1.29 is 133 Å². The van der Waals surface area contributed by atoms with Gasteiger partial charge >= 0.3 is 47.1 Å². The van der Waals surface area contributed by atoms with Crippen molar-refractivity contribution in [1.82, 2.24) is 0 Å². The molecule has 5 unspecified atom stereocenters. The van der Waals surface area contributed by atoms with E-state index in [2.05, 4.69) is 118 Å². The van der Waals surface area contributed by atoms with Crippen LogP contribution in [0.4, 0.5) is 0 Å². The molecule has 0 aromatic carbocycles. The van der Waals surface area contributed by atoms with E-state index in [1.54, 1.807) is 6.08 Å². The van der Waals surface area contributed by atoms with Crippen molar-refractivity contribution in [3.8, 4) is 0 Å².